The van der Waals surface area contributed by atoms with Crippen LogP contribution in [0.15, 0.2) is 102 Å². The number of allylic oxidation sites excluding steroid dienone is 4. The molecule has 0 radical (unpaired) electrons. The third-order valence-corrected chi connectivity index (χ3v) is 14.7. The van der Waals surface area contributed by atoms with Crippen molar-refractivity contribution in [2.75, 3.05) is 24.9 Å². The van der Waals surface area contributed by atoms with Crippen molar-refractivity contribution in [3.05, 3.63) is 138 Å². The number of aliphatic hydroxyl groups is 2. The smallest absolute Gasteiger partial charge is 0.404 e. The largest absolute Gasteiger partial charge is 0.508 e. The topological polar surface area (TPSA) is 400 Å². The molecule has 0 unspecified atom stereocenters. The number of aliphatic hydroxyl groups excluding tert-OH is 2. The summed E-state index contributed by atoms with van der Waals surface area (Å²) >= 11 is 0. The van der Waals surface area contributed by atoms with E-state index in [1.165, 1.54) is 74.9 Å². The molecule has 2 aromatic heterocycles. The Bertz CT molecular complexity index is 3590. The number of fused-ring (bicyclic) bond motifs is 2. The highest BCUT2D eigenvalue weighted by molar-refractivity contribution is 6.08. The van der Waals surface area contributed by atoms with Gasteiger partial charge in [-0.05, 0) is 154 Å². The molecule has 2 fully saturated rings. The lowest BCUT2D eigenvalue weighted by Gasteiger charge is -2.47. The number of amides is 4. The molecule has 0 saturated carbocycles. The van der Waals surface area contributed by atoms with Gasteiger partial charge in [0.15, 0.2) is 47.3 Å². The molecule has 8 atom stereocenters. The van der Waals surface area contributed by atoms with Crippen LogP contribution < -0.4 is 42.8 Å². The van der Waals surface area contributed by atoms with Crippen molar-refractivity contribution in [3.8, 4) is 34.5 Å². The third kappa shape index (κ3) is 14.4. The zero-order valence-corrected chi connectivity index (χ0v) is 50.3. The van der Waals surface area contributed by atoms with E-state index in [2.05, 4.69) is 10.6 Å². The highest BCUT2D eigenvalue weighted by Crippen LogP contribution is 2.41. The number of anilines is 2. The average Bonchev–Trinajstić information content (AvgIpc) is 1.08. The molecule has 12 N–H and O–H groups in total. The van der Waals surface area contributed by atoms with Crippen LogP contribution in [0.3, 0.4) is 0 Å². The van der Waals surface area contributed by atoms with Gasteiger partial charge in [-0.3, -0.25) is 9.59 Å². The standard InChI is InChI=1S/2C31H36N2O11/c2*1-14(2)7-8-16-13-17(9-11-19(16)34)27(37)33-21-22(35)18-10-12-20(15(3)24(18)42-28(21)38)41-29-23(36)25(43-30(32)39)26(40-6)31(4,5)44-29/h2*7,9-13,23,25-26,29,34-36H,8H2,1-6H3,(H2,32,39)(H,33,37)/t2*23-,25+,26-,29-/m11/s1. The summed E-state index contributed by atoms with van der Waals surface area (Å²) in [5.74, 6) is -2.18. The van der Waals surface area contributed by atoms with Gasteiger partial charge in [0.1, 0.15) is 46.4 Å². The maximum Gasteiger partial charge on any atom is 0.404 e. The van der Waals surface area contributed by atoms with Gasteiger partial charge in [0.2, 0.25) is 12.6 Å². The molecule has 26 heteroatoms. The number of aromatic hydroxyl groups is 4. The van der Waals surface area contributed by atoms with Gasteiger partial charge < -0.3 is 99.5 Å². The predicted octanol–water partition coefficient (Wildman–Crippen LogP) is 7.25. The molecule has 4 aromatic carbocycles. The number of phenols is 2. The lowest BCUT2D eigenvalue weighted by molar-refractivity contribution is -0.304. The van der Waals surface area contributed by atoms with Gasteiger partial charge in [-0.2, -0.15) is 0 Å². The van der Waals surface area contributed by atoms with E-state index in [1.54, 1.807) is 41.5 Å². The van der Waals surface area contributed by atoms with Crippen LogP contribution in [-0.4, -0.2) is 129 Å². The van der Waals surface area contributed by atoms with Crippen molar-refractivity contribution in [2.45, 2.75) is 142 Å². The quantitative estimate of drug-likeness (QED) is 0.0337. The van der Waals surface area contributed by atoms with Crippen molar-refractivity contribution >= 4 is 57.3 Å². The fraction of sp³-hybridized carbons (Fsp3) is 0.387. The van der Waals surface area contributed by atoms with Crippen LogP contribution in [0.4, 0.5) is 21.0 Å². The van der Waals surface area contributed by atoms with E-state index in [-0.39, 0.29) is 67.2 Å². The molecule has 4 heterocycles. The molecular formula is C62H72N4O22. The van der Waals surface area contributed by atoms with Gasteiger partial charge in [0, 0.05) is 36.5 Å². The second-order valence-electron chi connectivity index (χ2n) is 22.4. The minimum Gasteiger partial charge on any atom is -0.508 e. The van der Waals surface area contributed by atoms with Crippen molar-refractivity contribution in [3.63, 3.8) is 0 Å². The summed E-state index contributed by atoms with van der Waals surface area (Å²) in [5, 5.41) is 69.2. The first-order valence-corrected chi connectivity index (χ1v) is 27.4. The molecule has 88 heavy (non-hydrogen) atoms. The fourth-order valence-electron chi connectivity index (χ4n) is 10.1. The number of benzene rings is 4. The number of carbonyl (C=O) groups is 4. The van der Waals surface area contributed by atoms with Crippen LogP contribution in [0.1, 0.15) is 98.4 Å². The maximum atomic E-state index is 13.0. The Balaban J connectivity index is 0.000000251. The Hall–Kier alpha value is -9.18. The average molecular weight is 1230 g/mol. The molecule has 6 aromatic rings. The molecule has 0 spiro atoms. The number of aryl methyl sites for hydroxylation is 2. The molecule has 0 bridgehead atoms. The highest BCUT2D eigenvalue weighted by atomic mass is 16.7. The second kappa shape index (κ2) is 26.8. The van der Waals surface area contributed by atoms with E-state index < -0.39 is 119 Å². The molecule has 4 amide bonds. The van der Waals surface area contributed by atoms with Gasteiger partial charge in [-0.25, -0.2) is 19.2 Å². The summed E-state index contributed by atoms with van der Waals surface area (Å²) < 4.78 is 55.7. The molecule has 26 nitrogen and oxygen atoms in total. The fourth-order valence-corrected chi connectivity index (χ4v) is 10.1. The van der Waals surface area contributed by atoms with Crippen molar-refractivity contribution in [1.29, 1.82) is 0 Å². The minimum absolute atomic E-state index is 0.0183. The Kier molecular flexibility index (Phi) is 20.2. The summed E-state index contributed by atoms with van der Waals surface area (Å²) in [4.78, 5) is 75.0. The number of hydrogen-bond donors (Lipinski definition) is 10. The number of nitrogens with two attached hydrogens (primary N) is 2. The van der Waals surface area contributed by atoms with Crippen LogP contribution in [0.2, 0.25) is 0 Å². The number of ether oxygens (including phenoxy) is 8. The third-order valence-electron chi connectivity index (χ3n) is 14.7. The Morgan fingerprint density at radius 1 is 0.580 bits per heavy atom. The Morgan fingerprint density at radius 2 is 0.932 bits per heavy atom. The lowest BCUT2D eigenvalue weighted by atomic mass is 9.89. The molecule has 2 saturated heterocycles. The Morgan fingerprint density at radius 3 is 1.25 bits per heavy atom. The van der Waals surface area contributed by atoms with Gasteiger partial charge >= 0.3 is 23.4 Å². The molecule has 8 rings (SSSR count). The lowest BCUT2D eigenvalue weighted by Crippen LogP contribution is -2.65. The van der Waals surface area contributed by atoms with Crippen molar-refractivity contribution in [2.24, 2.45) is 11.5 Å². The SMILES string of the molecule is CO[C@@H]1[C@@H](OC(N)=O)[C@@H](O)[C@H](Oc2ccc3c(O)c(NC(=O)c4ccc(O)c(CC=C(C)C)c4)c(=O)oc3c2C)OC1(C)C.CO[C@@H]1[C@@H](OC(N)=O)[C@@H](O)[C@H](Oc2ccc3c(O)c(NC(=O)c4ccc(O)c(CC=C(C)C)c4)c(=O)oc3c2C)OC1(C)C. The minimum atomic E-state index is -1.52. The summed E-state index contributed by atoms with van der Waals surface area (Å²) in [6, 6.07) is 14.2. The predicted molar refractivity (Wildman–Crippen MR) is 318 cm³/mol. The van der Waals surface area contributed by atoms with Crippen LogP contribution in [0.5, 0.6) is 34.5 Å². The van der Waals surface area contributed by atoms with Crippen LogP contribution in [-0.2, 0) is 41.3 Å². The van der Waals surface area contributed by atoms with Gasteiger partial charge in [0.25, 0.3) is 11.8 Å². The molecule has 0 aliphatic carbocycles. The van der Waals surface area contributed by atoms with E-state index in [9.17, 15) is 59.4 Å². The van der Waals surface area contributed by atoms with Crippen LogP contribution in [0, 0.1) is 13.8 Å². The summed E-state index contributed by atoms with van der Waals surface area (Å²) in [6.07, 6.45) is -7.62. The number of primary amides is 2. The second-order valence-corrected chi connectivity index (χ2v) is 22.4. The molecule has 2 aliphatic rings. The number of phenolic OH excluding ortho intramolecular Hbond substituents is 2. The van der Waals surface area contributed by atoms with Gasteiger partial charge in [0.05, 0.1) is 22.0 Å². The summed E-state index contributed by atoms with van der Waals surface area (Å²) in [5.41, 5.74) is 9.08. The summed E-state index contributed by atoms with van der Waals surface area (Å²) in [7, 11) is 2.74. The highest BCUT2D eigenvalue weighted by Gasteiger charge is 2.54. The zero-order valence-electron chi connectivity index (χ0n) is 50.3. The van der Waals surface area contributed by atoms with E-state index in [0.717, 1.165) is 11.1 Å². The molecule has 472 valence electrons. The van der Waals surface area contributed by atoms with Crippen LogP contribution >= 0.6 is 0 Å². The number of hydrogen-bond acceptors (Lipinski definition) is 22. The Labute approximate surface area is 503 Å². The zero-order chi connectivity index (χ0) is 65.0. The first-order chi connectivity index (χ1) is 41.3. The normalized spacial score (nSPS) is 21.0. The van der Waals surface area contributed by atoms with Crippen molar-refractivity contribution in [1.82, 2.24) is 0 Å². The van der Waals surface area contributed by atoms with Gasteiger partial charge in [-0.15, -0.1) is 0 Å². The first kappa shape index (κ1) is 66.3. The van der Waals surface area contributed by atoms with E-state index in [0.29, 0.717) is 24.0 Å². The maximum absolute atomic E-state index is 13.0. The monoisotopic (exact) mass is 1220 g/mol. The van der Waals surface area contributed by atoms with E-state index >= 15 is 0 Å². The van der Waals surface area contributed by atoms with E-state index in [1.807, 2.05) is 39.8 Å². The first-order valence-electron chi connectivity index (χ1n) is 27.4. The summed E-state index contributed by atoms with van der Waals surface area (Å²) in [6.45, 7) is 17.4. The number of nitrogens with one attached hydrogen (secondary N) is 2. The molecule has 2 aliphatic heterocycles. The number of carbonyl (C=O) groups excluding carboxylic acids is 4. The van der Waals surface area contributed by atoms with E-state index in [4.69, 9.17) is 58.2 Å². The number of methoxy groups -OCH3 is 2. The van der Waals surface area contributed by atoms with Crippen molar-refractivity contribution < 1.29 is 96.5 Å². The number of rotatable bonds is 16. The van der Waals surface area contributed by atoms with Crippen LogP contribution in [0.25, 0.3) is 21.9 Å². The molecular weight excluding hydrogens is 1150 g/mol. The van der Waals surface area contributed by atoms with Gasteiger partial charge in [-0.1, -0.05) is 23.3 Å².